The molecule has 28 heavy (non-hydrogen) atoms. The monoisotopic (exact) mass is 368 g/mol. The van der Waals surface area contributed by atoms with Gasteiger partial charge in [-0.15, -0.1) is 10.2 Å². The lowest BCUT2D eigenvalue weighted by atomic mass is 10.2. The Labute approximate surface area is 160 Å². The van der Waals surface area contributed by atoms with Crippen LogP contribution in [0, 0.1) is 0 Å². The molecule has 3 aromatic carbocycles. The number of rotatable bonds is 3. The molecule has 6 nitrogen and oxygen atoms in total. The van der Waals surface area contributed by atoms with Crippen molar-refractivity contribution in [2.75, 3.05) is 7.11 Å². The van der Waals surface area contributed by atoms with Crippen molar-refractivity contribution in [2.24, 2.45) is 0 Å². The smallest absolute Gasteiger partial charge is 0.267 e. The van der Waals surface area contributed by atoms with Gasteiger partial charge in [0.05, 0.1) is 23.7 Å². The molecule has 5 rings (SSSR count). The van der Waals surface area contributed by atoms with E-state index in [1.807, 2.05) is 83.3 Å². The molecular formula is C22H16N4O2. The van der Waals surface area contributed by atoms with E-state index in [0.29, 0.717) is 22.7 Å². The molecule has 0 fully saturated rings. The molecule has 0 aliphatic carbocycles. The second-order valence-corrected chi connectivity index (χ2v) is 6.38. The molecule has 0 amide bonds. The first-order valence-corrected chi connectivity index (χ1v) is 8.86. The van der Waals surface area contributed by atoms with Crippen molar-refractivity contribution in [1.29, 1.82) is 0 Å². The summed E-state index contributed by atoms with van der Waals surface area (Å²) in [5, 5.41) is 9.37. The van der Waals surface area contributed by atoms with E-state index < -0.39 is 0 Å². The average Bonchev–Trinajstić information content (AvgIpc) is 3.20. The Morgan fingerprint density at radius 3 is 2.29 bits per heavy atom. The fraction of sp³-hybridized carbons (Fsp3) is 0.0455. The fourth-order valence-electron chi connectivity index (χ4n) is 3.44. The highest BCUT2D eigenvalue weighted by Gasteiger charge is 2.18. The largest absolute Gasteiger partial charge is 0.497 e. The highest BCUT2D eigenvalue weighted by atomic mass is 16.5. The fourth-order valence-corrected chi connectivity index (χ4v) is 3.44. The minimum atomic E-state index is -0.139. The standard InChI is InChI=1S/C22H16N4O2/c1-28-17-13-11-16(12-14-17)25-21(27)18-9-5-6-10-19(18)26-20(23-24-22(25)26)15-7-3-2-4-8-15/h2-14H,1H3. The summed E-state index contributed by atoms with van der Waals surface area (Å²) in [6.45, 7) is 0. The van der Waals surface area contributed by atoms with E-state index in [1.54, 1.807) is 11.7 Å². The quantitative estimate of drug-likeness (QED) is 0.487. The Kier molecular flexibility index (Phi) is 3.69. The van der Waals surface area contributed by atoms with Gasteiger partial charge in [0.2, 0.25) is 5.78 Å². The number of methoxy groups -OCH3 is 1. The average molecular weight is 368 g/mol. The summed E-state index contributed by atoms with van der Waals surface area (Å²) in [5.74, 6) is 1.88. The van der Waals surface area contributed by atoms with Crippen LogP contribution < -0.4 is 10.3 Å². The zero-order valence-electron chi connectivity index (χ0n) is 15.1. The Morgan fingerprint density at radius 1 is 0.821 bits per heavy atom. The van der Waals surface area contributed by atoms with Crippen LogP contribution in [0.25, 0.3) is 33.8 Å². The second kappa shape index (κ2) is 6.35. The number of para-hydroxylation sites is 1. The minimum absolute atomic E-state index is 0.139. The van der Waals surface area contributed by atoms with Crippen molar-refractivity contribution in [3.8, 4) is 22.8 Å². The van der Waals surface area contributed by atoms with Gasteiger partial charge in [-0.3, -0.25) is 9.20 Å². The third-order valence-electron chi connectivity index (χ3n) is 4.79. The third kappa shape index (κ3) is 2.39. The molecule has 0 radical (unpaired) electrons. The van der Waals surface area contributed by atoms with Crippen molar-refractivity contribution in [1.82, 2.24) is 19.2 Å². The van der Waals surface area contributed by atoms with E-state index in [2.05, 4.69) is 10.2 Å². The summed E-state index contributed by atoms with van der Waals surface area (Å²) in [6, 6.07) is 24.7. The van der Waals surface area contributed by atoms with E-state index in [4.69, 9.17) is 4.74 Å². The number of ether oxygens (including phenoxy) is 1. The number of nitrogens with zero attached hydrogens (tertiary/aromatic N) is 4. The molecule has 0 saturated heterocycles. The normalized spacial score (nSPS) is 11.2. The molecule has 0 saturated carbocycles. The molecule has 0 aliphatic rings. The molecule has 0 aliphatic heterocycles. The third-order valence-corrected chi connectivity index (χ3v) is 4.79. The molecule has 0 bridgehead atoms. The van der Waals surface area contributed by atoms with E-state index in [1.165, 1.54) is 0 Å². The lowest BCUT2D eigenvalue weighted by Gasteiger charge is -2.12. The maximum Gasteiger partial charge on any atom is 0.267 e. The van der Waals surface area contributed by atoms with Gasteiger partial charge in [-0.05, 0) is 36.4 Å². The van der Waals surface area contributed by atoms with Crippen LogP contribution in [0.1, 0.15) is 0 Å². The highest BCUT2D eigenvalue weighted by molar-refractivity contribution is 5.83. The molecule has 5 aromatic rings. The lowest BCUT2D eigenvalue weighted by Crippen LogP contribution is -2.21. The van der Waals surface area contributed by atoms with Gasteiger partial charge in [-0.2, -0.15) is 0 Å². The summed E-state index contributed by atoms with van der Waals surface area (Å²) in [4.78, 5) is 13.3. The van der Waals surface area contributed by atoms with Gasteiger partial charge in [0, 0.05) is 5.56 Å². The Hall–Kier alpha value is -3.93. The molecule has 2 aromatic heterocycles. The van der Waals surface area contributed by atoms with Crippen molar-refractivity contribution >= 4 is 16.7 Å². The van der Waals surface area contributed by atoms with Crippen LogP contribution in [0.4, 0.5) is 0 Å². The summed E-state index contributed by atoms with van der Waals surface area (Å²) < 4.78 is 8.75. The van der Waals surface area contributed by atoms with Gasteiger partial charge in [-0.25, -0.2) is 4.57 Å². The van der Waals surface area contributed by atoms with Crippen LogP contribution in [0.15, 0.2) is 83.7 Å². The van der Waals surface area contributed by atoms with Gasteiger partial charge >= 0.3 is 0 Å². The summed E-state index contributed by atoms with van der Waals surface area (Å²) in [5.41, 5.74) is 2.27. The maximum absolute atomic E-state index is 13.3. The van der Waals surface area contributed by atoms with Gasteiger partial charge in [0.1, 0.15) is 5.75 Å². The molecule has 136 valence electrons. The van der Waals surface area contributed by atoms with Crippen molar-refractivity contribution in [3.63, 3.8) is 0 Å². The van der Waals surface area contributed by atoms with Crippen molar-refractivity contribution < 1.29 is 4.74 Å². The van der Waals surface area contributed by atoms with Crippen LogP contribution in [0.5, 0.6) is 5.75 Å². The van der Waals surface area contributed by atoms with Crippen molar-refractivity contribution in [3.05, 3.63) is 89.2 Å². The van der Waals surface area contributed by atoms with Crippen LogP contribution in [-0.4, -0.2) is 26.3 Å². The lowest BCUT2D eigenvalue weighted by molar-refractivity contribution is 0.414. The topological polar surface area (TPSA) is 61.4 Å². The Balaban J connectivity index is 1.91. The maximum atomic E-state index is 13.3. The summed E-state index contributed by atoms with van der Waals surface area (Å²) in [6.07, 6.45) is 0. The highest BCUT2D eigenvalue weighted by Crippen LogP contribution is 2.24. The SMILES string of the molecule is COc1ccc(-n2c(=O)c3ccccc3n3c(-c4ccccc4)nnc23)cc1. The molecule has 2 heterocycles. The first kappa shape index (κ1) is 16.3. The van der Waals surface area contributed by atoms with Gasteiger partial charge < -0.3 is 4.74 Å². The van der Waals surface area contributed by atoms with Gasteiger partial charge in [-0.1, -0.05) is 42.5 Å². The number of benzene rings is 3. The van der Waals surface area contributed by atoms with E-state index >= 15 is 0 Å². The number of fused-ring (bicyclic) bond motifs is 3. The van der Waals surface area contributed by atoms with Crippen LogP contribution in [-0.2, 0) is 0 Å². The second-order valence-electron chi connectivity index (χ2n) is 6.38. The predicted octanol–water partition coefficient (Wildman–Crippen LogP) is 3.71. The zero-order chi connectivity index (χ0) is 19.1. The number of aromatic nitrogens is 4. The summed E-state index contributed by atoms with van der Waals surface area (Å²) >= 11 is 0. The molecule has 0 N–H and O–H groups in total. The Bertz CT molecular complexity index is 1350. The minimum Gasteiger partial charge on any atom is -0.497 e. The molecular weight excluding hydrogens is 352 g/mol. The number of hydrogen-bond acceptors (Lipinski definition) is 4. The molecule has 0 unspecified atom stereocenters. The molecule has 6 heteroatoms. The molecule has 0 atom stereocenters. The van der Waals surface area contributed by atoms with Crippen LogP contribution in [0.2, 0.25) is 0 Å². The zero-order valence-corrected chi connectivity index (χ0v) is 15.1. The van der Waals surface area contributed by atoms with Gasteiger partial charge in [0.15, 0.2) is 5.82 Å². The molecule has 0 spiro atoms. The number of hydrogen-bond donors (Lipinski definition) is 0. The predicted molar refractivity (Wildman–Crippen MR) is 108 cm³/mol. The van der Waals surface area contributed by atoms with E-state index in [9.17, 15) is 4.79 Å². The van der Waals surface area contributed by atoms with E-state index in [-0.39, 0.29) is 5.56 Å². The first-order chi connectivity index (χ1) is 13.8. The first-order valence-electron chi connectivity index (χ1n) is 8.86. The Morgan fingerprint density at radius 2 is 1.54 bits per heavy atom. The van der Waals surface area contributed by atoms with E-state index in [0.717, 1.165) is 16.8 Å². The summed E-state index contributed by atoms with van der Waals surface area (Å²) in [7, 11) is 1.61. The van der Waals surface area contributed by atoms with Crippen LogP contribution in [0.3, 0.4) is 0 Å². The van der Waals surface area contributed by atoms with Crippen molar-refractivity contribution in [2.45, 2.75) is 0 Å². The van der Waals surface area contributed by atoms with Gasteiger partial charge in [0.25, 0.3) is 5.56 Å². The van der Waals surface area contributed by atoms with Crippen LogP contribution >= 0.6 is 0 Å².